The minimum atomic E-state index is -1.24. The molecule has 0 unspecified atom stereocenters. The average Bonchev–Trinajstić information content (AvgIpc) is 1.67. The van der Waals surface area contributed by atoms with Crippen molar-refractivity contribution in [1.82, 2.24) is 0 Å². The second kappa shape index (κ2) is 3.32. The molecule has 0 aromatic rings. The van der Waals surface area contributed by atoms with E-state index >= 15 is 0 Å². The van der Waals surface area contributed by atoms with E-state index in [2.05, 4.69) is 11.7 Å². The third-order valence-corrected chi connectivity index (χ3v) is 0.559. The Morgan fingerprint density at radius 2 is 2.50 bits per heavy atom. The largest absolute Gasteiger partial charge is 0.461 e. The van der Waals surface area contributed by atoms with Gasteiger partial charge in [-0.05, 0) is 6.92 Å². The molecule has 0 aliphatic heterocycles. The summed E-state index contributed by atoms with van der Waals surface area (Å²) >= 11 is 0. The molecule has 46 valence electrons. The molecule has 0 aliphatic carbocycles. The van der Waals surface area contributed by atoms with Crippen molar-refractivity contribution in [3.05, 3.63) is 6.92 Å². The predicted molar refractivity (Wildman–Crippen MR) is 28.0 cm³/mol. The second-order valence-corrected chi connectivity index (χ2v) is 1.27. The Balaban J connectivity index is 3.33. The second-order valence-electron chi connectivity index (χ2n) is 1.27. The standard InChI is InChI=1S/C5H9O3/c1-3-8-5(7)4(2)6/h4,6H,2-3H2,1H3/q+1/t4-/m0/s1. The zero-order chi connectivity index (χ0) is 6.57. The molecule has 0 bridgehead atoms. The molecule has 3 nitrogen and oxygen atoms in total. The topological polar surface area (TPSA) is 46.5 Å². The summed E-state index contributed by atoms with van der Waals surface area (Å²) in [6.07, 6.45) is -1.24. The van der Waals surface area contributed by atoms with Crippen LogP contribution in [-0.2, 0) is 9.53 Å². The molecule has 0 spiro atoms. The number of aliphatic hydroxyl groups is 1. The minimum Gasteiger partial charge on any atom is -0.461 e. The van der Waals surface area contributed by atoms with E-state index in [4.69, 9.17) is 5.11 Å². The molecule has 0 heterocycles. The summed E-state index contributed by atoms with van der Waals surface area (Å²) in [6, 6.07) is 0. The van der Waals surface area contributed by atoms with Crippen LogP contribution in [0.15, 0.2) is 0 Å². The molecule has 0 aromatic heterocycles. The highest BCUT2D eigenvalue weighted by Crippen LogP contribution is 1.83. The van der Waals surface area contributed by atoms with Gasteiger partial charge in [0, 0.05) is 0 Å². The van der Waals surface area contributed by atoms with Gasteiger partial charge in [0.05, 0.1) is 6.61 Å². The average molecular weight is 117 g/mol. The Morgan fingerprint density at radius 3 is 2.62 bits per heavy atom. The van der Waals surface area contributed by atoms with Crippen LogP contribution in [0.3, 0.4) is 0 Å². The van der Waals surface area contributed by atoms with Crippen molar-refractivity contribution in [3.63, 3.8) is 0 Å². The summed E-state index contributed by atoms with van der Waals surface area (Å²) in [7, 11) is 0. The van der Waals surface area contributed by atoms with Crippen LogP contribution in [0.5, 0.6) is 0 Å². The van der Waals surface area contributed by atoms with Crippen LogP contribution in [0.4, 0.5) is 0 Å². The van der Waals surface area contributed by atoms with Gasteiger partial charge in [-0.15, -0.1) is 0 Å². The maximum absolute atomic E-state index is 10.2. The number of carbonyl (C=O) groups is 1. The van der Waals surface area contributed by atoms with Gasteiger partial charge in [-0.25, -0.2) is 4.79 Å². The van der Waals surface area contributed by atoms with Crippen LogP contribution in [-0.4, -0.2) is 23.8 Å². The smallest absolute Gasteiger partial charge is 0.383 e. The first-order chi connectivity index (χ1) is 3.68. The fourth-order valence-corrected chi connectivity index (χ4v) is 0.238. The van der Waals surface area contributed by atoms with Crippen LogP contribution in [0, 0.1) is 6.92 Å². The molecule has 0 saturated carbocycles. The summed E-state index contributed by atoms with van der Waals surface area (Å²) in [5.74, 6) is -0.674. The van der Waals surface area contributed by atoms with Crippen molar-refractivity contribution in [2.75, 3.05) is 6.61 Å². The van der Waals surface area contributed by atoms with E-state index in [-0.39, 0.29) is 6.61 Å². The molecule has 3 heteroatoms. The Labute approximate surface area is 48.3 Å². The molecule has 0 aliphatic rings. The van der Waals surface area contributed by atoms with Gasteiger partial charge in [0.2, 0.25) is 0 Å². The van der Waals surface area contributed by atoms with Crippen LogP contribution in [0.2, 0.25) is 0 Å². The van der Waals surface area contributed by atoms with E-state index < -0.39 is 12.1 Å². The van der Waals surface area contributed by atoms with Crippen molar-refractivity contribution in [2.24, 2.45) is 0 Å². The zero-order valence-corrected chi connectivity index (χ0v) is 4.76. The van der Waals surface area contributed by atoms with Crippen molar-refractivity contribution in [3.8, 4) is 0 Å². The summed E-state index contributed by atoms with van der Waals surface area (Å²) < 4.78 is 4.35. The van der Waals surface area contributed by atoms with Gasteiger partial charge in [0.15, 0.2) is 0 Å². The van der Waals surface area contributed by atoms with Crippen LogP contribution in [0.25, 0.3) is 0 Å². The van der Waals surface area contributed by atoms with Gasteiger partial charge in [-0.3, -0.25) is 0 Å². The first kappa shape index (κ1) is 7.30. The van der Waals surface area contributed by atoms with Gasteiger partial charge in [-0.2, -0.15) is 0 Å². The number of hydrogen-bond donors (Lipinski definition) is 1. The normalized spacial score (nSPS) is 12.8. The summed E-state index contributed by atoms with van der Waals surface area (Å²) in [6.45, 7) is 4.99. The highest BCUT2D eigenvalue weighted by Gasteiger charge is 2.14. The highest BCUT2D eigenvalue weighted by atomic mass is 16.5. The van der Waals surface area contributed by atoms with Crippen LogP contribution in [0.1, 0.15) is 6.92 Å². The lowest BCUT2D eigenvalue weighted by molar-refractivity contribution is -0.150. The van der Waals surface area contributed by atoms with E-state index in [9.17, 15) is 4.79 Å². The van der Waals surface area contributed by atoms with E-state index in [1.165, 1.54) is 0 Å². The lowest BCUT2D eigenvalue weighted by Crippen LogP contribution is -2.19. The number of ether oxygens (including phenoxy) is 1. The van der Waals surface area contributed by atoms with E-state index in [1.807, 2.05) is 0 Å². The van der Waals surface area contributed by atoms with Gasteiger partial charge in [-0.1, -0.05) is 0 Å². The molecule has 0 radical (unpaired) electrons. The Bertz CT molecular complexity index is 77.7. The fourth-order valence-electron chi connectivity index (χ4n) is 0.238. The third kappa shape index (κ3) is 2.47. The molecule has 0 saturated heterocycles. The van der Waals surface area contributed by atoms with Crippen molar-refractivity contribution in [1.29, 1.82) is 0 Å². The molecule has 1 N–H and O–H groups in total. The van der Waals surface area contributed by atoms with Crippen molar-refractivity contribution in [2.45, 2.75) is 13.0 Å². The highest BCUT2D eigenvalue weighted by molar-refractivity contribution is 5.74. The van der Waals surface area contributed by atoms with E-state index in [0.29, 0.717) is 0 Å². The maximum Gasteiger partial charge on any atom is 0.383 e. The first-order valence-electron chi connectivity index (χ1n) is 2.36. The number of esters is 1. The lowest BCUT2D eigenvalue weighted by Gasteiger charge is -1.96. The zero-order valence-electron chi connectivity index (χ0n) is 4.76. The summed E-state index contributed by atoms with van der Waals surface area (Å²) in [5.41, 5.74) is 0. The predicted octanol–water partition coefficient (Wildman–Crippen LogP) is -0.256. The van der Waals surface area contributed by atoms with Gasteiger partial charge in [0.25, 0.3) is 6.10 Å². The number of aliphatic hydroxyl groups excluding tert-OH is 1. The minimum absolute atomic E-state index is 0.283. The molecular weight excluding hydrogens is 108 g/mol. The van der Waals surface area contributed by atoms with Gasteiger partial charge in [0.1, 0.15) is 6.92 Å². The third-order valence-electron chi connectivity index (χ3n) is 0.559. The van der Waals surface area contributed by atoms with Crippen molar-refractivity contribution >= 4 is 5.97 Å². The van der Waals surface area contributed by atoms with Gasteiger partial charge < -0.3 is 9.84 Å². The molecule has 0 amide bonds. The summed E-state index contributed by atoms with van der Waals surface area (Å²) in [5, 5.41) is 8.37. The number of carbonyl (C=O) groups excluding carboxylic acids is 1. The van der Waals surface area contributed by atoms with Crippen LogP contribution >= 0.6 is 0 Å². The molecule has 1 atom stereocenters. The molecule has 8 heavy (non-hydrogen) atoms. The van der Waals surface area contributed by atoms with E-state index in [0.717, 1.165) is 0 Å². The first-order valence-corrected chi connectivity index (χ1v) is 2.36. The quantitative estimate of drug-likeness (QED) is 0.400. The molecule has 0 fully saturated rings. The number of rotatable bonds is 2. The Kier molecular flexibility index (Phi) is 3.03. The van der Waals surface area contributed by atoms with E-state index in [1.54, 1.807) is 6.92 Å². The van der Waals surface area contributed by atoms with Crippen molar-refractivity contribution < 1.29 is 14.6 Å². The fraction of sp³-hybridized carbons (Fsp3) is 0.600. The monoisotopic (exact) mass is 117 g/mol. The van der Waals surface area contributed by atoms with Gasteiger partial charge >= 0.3 is 5.97 Å². The number of hydrogen-bond acceptors (Lipinski definition) is 3. The van der Waals surface area contributed by atoms with Crippen LogP contribution < -0.4 is 0 Å². The SMILES string of the molecule is [CH2+][C@H](O)C(=O)OCC. The maximum atomic E-state index is 10.2. The lowest BCUT2D eigenvalue weighted by atomic mass is 10.4. The Morgan fingerprint density at radius 1 is 2.00 bits per heavy atom. The Hall–Kier alpha value is -0.700. The molecule has 0 aromatic carbocycles. The summed E-state index contributed by atoms with van der Waals surface area (Å²) in [4.78, 5) is 10.2. The molecular formula is C5H9O3+. The molecule has 0 rings (SSSR count).